The smallest absolute Gasteiger partial charge is 0.409 e. The average Bonchev–Trinajstić information content (AvgIpc) is 2.76. The number of carbonyl (C=O) groups excluding carboxylic acids is 1. The molecule has 0 aromatic rings. The number of amides is 1. The van der Waals surface area contributed by atoms with Gasteiger partial charge in [-0.1, -0.05) is 20.3 Å². The third kappa shape index (κ3) is 4.07. The minimum Gasteiger partial charge on any atom is -0.449 e. The van der Waals surface area contributed by atoms with Crippen molar-refractivity contribution in [3.8, 4) is 0 Å². The van der Waals surface area contributed by atoms with Crippen LogP contribution in [0.5, 0.6) is 0 Å². The molecule has 0 saturated carbocycles. The Bertz CT molecular complexity index is 281. The molecule has 2 unspecified atom stereocenters. The maximum atomic E-state index is 12.5. The zero-order valence-corrected chi connectivity index (χ0v) is 10.8. The Morgan fingerprint density at radius 1 is 1.50 bits per heavy atom. The lowest BCUT2D eigenvalue weighted by Gasteiger charge is -2.22. The van der Waals surface area contributed by atoms with E-state index in [1.807, 2.05) is 6.92 Å². The van der Waals surface area contributed by atoms with Crippen LogP contribution >= 0.6 is 0 Å². The van der Waals surface area contributed by atoms with Crippen LogP contribution in [0.1, 0.15) is 33.1 Å². The number of likely N-dealkylation sites (tertiary alicyclic amines) is 1. The highest BCUT2D eigenvalue weighted by atomic mass is 19.4. The second kappa shape index (κ2) is 6.29. The number of hydrogen-bond donors (Lipinski definition) is 0. The van der Waals surface area contributed by atoms with Crippen LogP contribution in [-0.4, -0.2) is 36.9 Å². The second-order valence-electron chi connectivity index (χ2n) is 4.79. The molecule has 1 saturated heterocycles. The molecule has 3 nitrogen and oxygen atoms in total. The minimum absolute atomic E-state index is 0.144. The molecule has 0 aliphatic carbocycles. The molecular weight excluding hydrogens is 247 g/mol. The fraction of sp³-hybridized carbons (Fsp3) is 0.917. The molecule has 0 N–H and O–H groups in total. The van der Waals surface area contributed by atoms with Crippen LogP contribution in [0.15, 0.2) is 0 Å². The van der Waals surface area contributed by atoms with Crippen molar-refractivity contribution in [2.45, 2.75) is 39.3 Å². The van der Waals surface area contributed by atoms with Gasteiger partial charge in [0.25, 0.3) is 0 Å². The normalized spacial score (nSPS) is 22.1. The molecule has 0 aromatic heterocycles. The molecule has 6 heteroatoms. The molecule has 0 radical (unpaired) electrons. The summed E-state index contributed by atoms with van der Waals surface area (Å²) in [7, 11) is 0. The van der Waals surface area contributed by atoms with Gasteiger partial charge in [0.1, 0.15) is 0 Å². The number of carbonyl (C=O) groups is 1. The monoisotopic (exact) mass is 267 g/mol. The molecule has 1 fully saturated rings. The van der Waals surface area contributed by atoms with Gasteiger partial charge in [-0.3, -0.25) is 0 Å². The van der Waals surface area contributed by atoms with Gasteiger partial charge in [-0.05, 0) is 18.8 Å². The summed E-state index contributed by atoms with van der Waals surface area (Å²) in [5, 5.41) is 0. The number of rotatable bonds is 4. The maximum Gasteiger partial charge on any atom is 0.409 e. The summed E-state index contributed by atoms with van der Waals surface area (Å²) in [6, 6.07) is 0. The van der Waals surface area contributed by atoms with E-state index in [2.05, 4.69) is 0 Å². The summed E-state index contributed by atoms with van der Waals surface area (Å²) in [4.78, 5) is 12.9. The Balaban J connectivity index is 2.39. The highest BCUT2D eigenvalue weighted by Gasteiger charge is 2.44. The van der Waals surface area contributed by atoms with E-state index in [9.17, 15) is 18.0 Å². The van der Waals surface area contributed by atoms with Crippen molar-refractivity contribution in [2.24, 2.45) is 11.8 Å². The van der Waals surface area contributed by atoms with Crippen molar-refractivity contribution in [3.63, 3.8) is 0 Å². The highest BCUT2D eigenvalue weighted by Crippen LogP contribution is 2.36. The molecule has 0 spiro atoms. The zero-order valence-electron chi connectivity index (χ0n) is 10.8. The third-order valence-corrected chi connectivity index (χ3v) is 3.43. The first-order valence-corrected chi connectivity index (χ1v) is 6.34. The van der Waals surface area contributed by atoms with Gasteiger partial charge >= 0.3 is 12.3 Å². The molecule has 106 valence electrons. The Morgan fingerprint density at radius 2 is 2.17 bits per heavy atom. The van der Waals surface area contributed by atoms with E-state index in [0.717, 1.165) is 12.8 Å². The summed E-state index contributed by atoms with van der Waals surface area (Å²) in [6.45, 7) is 3.99. The number of nitrogens with zero attached hydrogens (tertiary/aromatic N) is 1. The molecule has 1 amide bonds. The van der Waals surface area contributed by atoms with Gasteiger partial charge in [0.05, 0.1) is 12.5 Å². The van der Waals surface area contributed by atoms with E-state index < -0.39 is 24.1 Å². The lowest BCUT2D eigenvalue weighted by atomic mass is 9.93. The minimum atomic E-state index is -4.19. The van der Waals surface area contributed by atoms with Crippen molar-refractivity contribution in [3.05, 3.63) is 0 Å². The van der Waals surface area contributed by atoms with Crippen LogP contribution in [0.2, 0.25) is 0 Å². The van der Waals surface area contributed by atoms with Crippen molar-refractivity contribution in [1.29, 1.82) is 0 Å². The summed E-state index contributed by atoms with van der Waals surface area (Å²) in [5.74, 6) is -1.88. The van der Waals surface area contributed by atoms with E-state index in [4.69, 9.17) is 4.74 Å². The van der Waals surface area contributed by atoms with E-state index in [0.29, 0.717) is 19.6 Å². The van der Waals surface area contributed by atoms with Gasteiger partial charge in [-0.15, -0.1) is 0 Å². The Morgan fingerprint density at radius 3 is 2.72 bits per heavy atom. The molecule has 1 aliphatic rings. The van der Waals surface area contributed by atoms with Crippen LogP contribution < -0.4 is 0 Å². The third-order valence-electron chi connectivity index (χ3n) is 3.43. The van der Waals surface area contributed by atoms with E-state index in [1.165, 1.54) is 11.8 Å². The molecule has 18 heavy (non-hydrogen) atoms. The summed E-state index contributed by atoms with van der Waals surface area (Å²) >= 11 is 0. The standard InChI is InChI=1S/C12H20F3NO2/c1-3-4-7-18-11(17)16-6-5-10(8-16)9(2)12(13,14)15/h9-10H,3-8H2,1-2H3. The lowest BCUT2D eigenvalue weighted by Crippen LogP contribution is -2.33. The molecule has 0 bridgehead atoms. The first-order chi connectivity index (χ1) is 8.36. The van der Waals surface area contributed by atoms with Gasteiger partial charge in [-0.2, -0.15) is 13.2 Å². The SMILES string of the molecule is CCCCOC(=O)N1CCC(C(C)C(F)(F)F)C1. The average molecular weight is 267 g/mol. The molecule has 0 aromatic carbocycles. The number of halogens is 3. The van der Waals surface area contributed by atoms with Gasteiger partial charge in [0.15, 0.2) is 0 Å². The number of hydrogen-bond acceptors (Lipinski definition) is 2. The molecule has 1 heterocycles. The van der Waals surface area contributed by atoms with E-state index >= 15 is 0 Å². The quantitative estimate of drug-likeness (QED) is 0.730. The predicted molar refractivity (Wildman–Crippen MR) is 61.2 cm³/mol. The van der Waals surface area contributed by atoms with E-state index in [-0.39, 0.29) is 6.54 Å². The Kier molecular flexibility index (Phi) is 5.28. The summed E-state index contributed by atoms with van der Waals surface area (Å²) < 4.78 is 42.6. The number of ether oxygens (including phenoxy) is 1. The number of unbranched alkanes of at least 4 members (excludes halogenated alkanes) is 1. The van der Waals surface area contributed by atoms with Crippen molar-refractivity contribution >= 4 is 6.09 Å². The molecular formula is C12H20F3NO2. The Hall–Kier alpha value is -0.940. The van der Waals surface area contributed by atoms with Crippen LogP contribution in [0.25, 0.3) is 0 Å². The first kappa shape index (κ1) is 15.1. The summed E-state index contributed by atoms with van der Waals surface area (Å²) in [5.41, 5.74) is 0. The van der Waals surface area contributed by atoms with Crippen LogP contribution in [0, 0.1) is 11.8 Å². The Labute approximate surface area is 105 Å². The van der Waals surface area contributed by atoms with Crippen LogP contribution in [0.4, 0.5) is 18.0 Å². The molecule has 2 atom stereocenters. The highest BCUT2D eigenvalue weighted by molar-refractivity contribution is 5.67. The topological polar surface area (TPSA) is 29.5 Å². The summed E-state index contributed by atoms with van der Waals surface area (Å²) in [6.07, 6.45) is -2.58. The fourth-order valence-corrected chi connectivity index (χ4v) is 2.02. The van der Waals surface area contributed by atoms with E-state index in [1.54, 1.807) is 0 Å². The largest absolute Gasteiger partial charge is 0.449 e. The van der Waals surface area contributed by atoms with Crippen LogP contribution in [-0.2, 0) is 4.74 Å². The molecule has 1 aliphatic heterocycles. The number of alkyl halides is 3. The second-order valence-corrected chi connectivity index (χ2v) is 4.79. The van der Waals surface area contributed by atoms with Gasteiger partial charge in [-0.25, -0.2) is 4.79 Å². The fourth-order valence-electron chi connectivity index (χ4n) is 2.02. The molecule has 1 rings (SSSR count). The van der Waals surface area contributed by atoms with Crippen molar-refractivity contribution < 1.29 is 22.7 Å². The van der Waals surface area contributed by atoms with Gasteiger partial charge < -0.3 is 9.64 Å². The van der Waals surface area contributed by atoms with Crippen molar-refractivity contribution in [1.82, 2.24) is 4.90 Å². The first-order valence-electron chi connectivity index (χ1n) is 6.34. The zero-order chi connectivity index (χ0) is 13.8. The van der Waals surface area contributed by atoms with Gasteiger partial charge in [0.2, 0.25) is 0 Å². The predicted octanol–water partition coefficient (Wildman–Crippen LogP) is 3.44. The van der Waals surface area contributed by atoms with Crippen LogP contribution in [0.3, 0.4) is 0 Å². The lowest BCUT2D eigenvalue weighted by molar-refractivity contribution is -0.182. The van der Waals surface area contributed by atoms with Gasteiger partial charge in [0, 0.05) is 13.1 Å². The van der Waals surface area contributed by atoms with Crippen molar-refractivity contribution in [2.75, 3.05) is 19.7 Å². The maximum absolute atomic E-state index is 12.5.